The molecule has 2 N–H and O–H groups in total. The lowest BCUT2D eigenvalue weighted by molar-refractivity contribution is 0.383. The van der Waals surface area contributed by atoms with Crippen molar-refractivity contribution in [3.63, 3.8) is 0 Å². The standard InChI is InChI=1S/C11H12BrN3O2/c1-6-14-11(15-17-6)10(13)8-5-7(12)3-4-9(8)16-2/h3-5,10H,13H2,1-2H3. The summed E-state index contributed by atoms with van der Waals surface area (Å²) in [7, 11) is 1.60. The third kappa shape index (κ3) is 2.48. The lowest BCUT2D eigenvalue weighted by atomic mass is 10.1. The van der Waals surface area contributed by atoms with Crippen molar-refractivity contribution in [1.29, 1.82) is 0 Å². The molecule has 90 valence electrons. The molecule has 1 heterocycles. The molecule has 1 unspecified atom stereocenters. The Bertz CT molecular complexity index is 527. The van der Waals surface area contributed by atoms with E-state index in [9.17, 15) is 0 Å². The van der Waals surface area contributed by atoms with E-state index in [4.69, 9.17) is 15.0 Å². The predicted octanol–water partition coefficient (Wildman–Crippen LogP) is 2.20. The molecule has 0 amide bonds. The van der Waals surface area contributed by atoms with Gasteiger partial charge in [-0.25, -0.2) is 0 Å². The van der Waals surface area contributed by atoms with E-state index in [0.29, 0.717) is 17.5 Å². The summed E-state index contributed by atoms with van der Waals surface area (Å²) in [5.74, 6) is 1.63. The van der Waals surface area contributed by atoms with Gasteiger partial charge in [0.1, 0.15) is 5.75 Å². The fourth-order valence-corrected chi connectivity index (χ4v) is 1.91. The number of ether oxygens (including phenoxy) is 1. The van der Waals surface area contributed by atoms with E-state index in [1.807, 2.05) is 18.2 Å². The Labute approximate surface area is 107 Å². The summed E-state index contributed by atoms with van der Waals surface area (Å²) in [4.78, 5) is 4.12. The van der Waals surface area contributed by atoms with Crippen LogP contribution < -0.4 is 10.5 Å². The summed E-state index contributed by atoms with van der Waals surface area (Å²) in [6.07, 6.45) is 0. The molecule has 0 spiro atoms. The molecule has 1 atom stereocenters. The van der Waals surface area contributed by atoms with Gasteiger partial charge in [0.15, 0.2) is 5.82 Å². The van der Waals surface area contributed by atoms with Gasteiger partial charge in [-0.05, 0) is 18.2 Å². The van der Waals surface area contributed by atoms with Crippen LogP contribution in [0, 0.1) is 6.92 Å². The van der Waals surface area contributed by atoms with Crippen LogP contribution in [0.25, 0.3) is 0 Å². The van der Waals surface area contributed by atoms with Crippen molar-refractivity contribution in [3.05, 3.63) is 40.0 Å². The van der Waals surface area contributed by atoms with Crippen LogP contribution in [0.1, 0.15) is 23.3 Å². The van der Waals surface area contributed by atoms with Gasteiger partial charge in [0.25, 0.3) is 0 Å². The average Bonchev–Trinajstić information content (AvgIpc) is 2.75. The number of nitrogens with zero attached hydrogens (tertiary/aromatic N) is 2. The summed E-state index contributed by atoms with van der Waals surface area (Å²) in [6, 6.07) is 5.14. The molecule has 6 heteroatoms. The first kappa shape index (κ1) is 12.1. The number of aryl methyl sites for hydroxylation is 1. The van der Waals surface area contributed by atoms with Crippen LogP contribution in [0.15, 0.2) is 27.2 Å². The summed E-state index contributed by atoms with van der Waals surface area (Å²) >= 11 is 3.40. The second kappa shape index (κ2) is 4.85. The van der Waals surface area contributed by atoms with Crippen molar-refractivity contribution in [3.8, 4) is 5.75 Å². The van der Waals surface area contributed by atoms with Crippen molar-refractivity contribution in [2.24, 2.45) is 5.73 Å². The average molecular weight is 298 g/mol. The molecule has 17 heavy (non-hydrogen) atoms. The van der Waals surface area contributed by atoms with E-state index in [1.165, 1.54) is 0 Å². The number of aromatic nitrogens is 2. The maximum atomic E-state index is 6.09. The highest BCUT2D eigenvalue weighted by Gasteiger charge is 2.19. The fourth-order valence-electron chi connectivity index (χ4n) is 1.53. The number of hydrogen-bond donors (Lipinski definition) is 1. The topological polar surface area (TPSA) is 74.2 Å². The van der Waals surface area contributed by atoms with E-state index in [2.05, 4.69) is 26.1 Å². The first-order chi connectivity index (χ1) is 8.11. The minimum atomic E-state index is -0.472. The van der Waals surface area contributed by atoms with Crippen LogP contribution in [-0.4, -0.2) is 17.3 Å². The highest BCUT2D eigenvalue weighted by atomic mass is 79.9. The molecule has 0 saturated carbocycles. The van der Waals surface area contributed by atoms with E-state index in [1.54, 1.807) is 14.0 Å². The zero-order valence-electron chi connectivity index (χ0n) is 9.48. The third-order valence-electron chi connectivity index (χ3n) is 2.35. The van der Waals surface area contributed by atoms with Gasteiger partial charge in [-0.3, -0.25) is 0 Å². The second-order valence-electron chi connectivity index (χ2n) is 3.54. The number of halogens is 1. The second-order valence-corrected chi connectivity index (χ2v) is 4.45. The van der Waals surface area contributed by atoms with Gasteiger partial charge in [-0.1, -0.05) is 21.1 Å². The molecule has 5 nitrogen and oxygen atoms in total. The summed E-state index contributed by atoms with van der Waals surface area (Å²) in [5, 5.41) is 3.82. The van der Waals surface area contributed by atoms with Crippen LogP contribution in [0.4, 0.5) is 0 Å². The Kier molecular flexibility index (Phi) is 3.44. The van der Waals surface area contributed by atoms with Crippen LogP contribution in [-0.2, 0) is 0 Å². The number of rotatable bonds is 3. The molecule has 2 aromatic rings. The van der Waals surface area contributed by atoms with Crippen LogP contribution >= 0.6 is 15.9 Å². The van der Waals surface area contributed by atoms with Gasteiger partial charge >= 0.3 is 0 Å². The molecule has 0 aliphatic rings. The maximum Gasteiger partial charge on any atom is 0.223 e. The lowest BCUT2D eigenvalue weighted by Gasteiger charge is -2.12. The fraction of sp³-hybridized carbons (Fsp3) is 0.273. The summed E-state index contributed by atoms with van der Waals surface area (Å²) in [5.41, 5.74) is 6.90. The molecule has 0 aliphatic heterocycles. The van der Waals surface area contributed by atoms with Gasteiger partial charge < -0.3 is 15.0 Å². The number of hydrogen-bond acceptors (Lipinski definition) is 5. The first-order valence-electron chi connectivity index (χ1n) is 5.01. The third-order valence-corrected chi connectivity index (χ3v) is 2.84. The Morgan fingerprint density at radius 3 is 2.82 bits per heavy atom. The molecule has 1 aromatic heterocycles. The number of methoxy groups -OCH3 is 1. The first-order valence-corrected chi connectivity index (χ1v) is 5.80. The number of nitrogens with two attached hydrogens (primary N) is 1. The highest BCUT2D eigenvalue weighted by Crippen LogP contribution is 2.29. The van der Waals surface area contributed by atoms with Gasteiger partial charge in [0, 0.05) is 17.0 Å². The van der Waals surface area contributed by atoms with Crippen molar-refractivity contribution >= 4 is 15.9 Å². The molecule has 0 bridgehead atoms. The predicted molar refractivity (Wildman–Crippen MR) is 65.8 cm³/mol. The maximum absolute atomic E-state index is 6.09. The molecule has 0 saturated heterocycles. The van der Waals surface area contributed by atoms with Crippen LogP contribution in [0.2, 0.25) is 0 Å². The zero-order valence-corrected chi connectivity index (χ0v) is 11.1. The van der Waals surface area contributed by atoms with Crippen molar-refractivity contribution < 1.29 is 9.26 Å². The Balaban J connectivity index is 2.42. The quantitative estimate of drug-likeness (QED) is 0.940. The number of benzene rings is 1. The van der Waals surface area contributed by atoms with Gasteiger partial charge in [0.05, 0.1) is 13.2 Å². The van der Waals surface area contributed by atoms with Gasteiger partial charge in [-0.15, -0.1) is 0 Å². The smallest absolute Gasteiger partial charge is 0.223 e. The molecular formula is C11H12BrN3O2. The molecule has 2 rings (SSSR count). The molecule has 0 radical (unpaired) electrons. The Morgan fingerprint density at radius 2 is 2.24 bits per heavy atom. The minimum Gasteiger partial charge on any atom is -0.496 e. The largest absolute Gasteiger partial charge is 0.496 e. The van der Waals surface area contributed by atoms with E-state index >= 15 is 0 Å². The molecular weight excluding hydrogens is 286 g/mol. The minimum absolute atomic E-state index is 0.443. The Morgan fingerprint density at radius 1 is 1.47 bits per heavy atom. The van der Waals surface area contributed by atoms with E-state index < -0.39 is 6.04 Å². The lowest BCUT2D eigenvalue weighted by Crippen LogP contribution is -2.14. The van der Waals surface area contributed by atoms with E-state index in [0.717, 1.165) is 10.0 Å². The molecule has 0 fully saturated rings. The van der Waals surface area contributed by atoms with Crippen molar-refractivity contribution in [2.45, 2.75) is 13.0 Å². The molecule has 1 aromatic carbocycles. The van der Waals surface area contributed by atoms with Crippen molar-refractivity contribution in [2.75, 3.05) is 7.11 Å². The SMILES string of the molecule is COc1ccc(Br)cc1C(N)c1noc(C)n1. The normalized spacial score (nSPS) is 12.5. The van der Waals surface area contributed by atoms with E-state index in [-0.39, 0.29) is 0 Å². The van der Waals surface area contributed by atoms with Crippen molar-refractivity contribution in [1.82, 2.24) is 10.1 Å². The van der Waals surface area contributed by atoms with Gasteiger partial charge in [-0.2, -0.15) is 4.98 Å². The van der Waals surface area contributed by atoms with Crippen LogP contribution in [0.5, 0.6) is 5.75 Å². The summed E-state index contributed by atoms with van der Waals surface area (Å²) in [6.45, 7) is 1.72. The Hall–Kier alpha value is -1.40. The van der Waals surface area contributed by atoms with Gasteiger partial charge in [0.2, 0.25) is 5.89 Å². The monoisotopic (exact) mass is 297 g/mol. The zero-order chi connectivity index (χ0) is 12.4. The highest BCUT2D eigenvalue weighted by molar-refractivity contribution is 9.10. The van der Waals surface area contributed by atoms with Crippen LogP contribution in [0.3, 0.4) is 0 Å². The summed E-state index contributed by atoms with van der Waals surface area (Å²) < 4.78 is 11.1. The molecule has 0 aliphatic carbocycles.